The molecule has 0 spiro atoms. The van der Waals surface area contributed by atoms with Crippen LogP contribution < -0.4 is 4.40 Å². The fourth-order valence-electron chi connectivity index (χ4n) is 4.01. The van der Waals surface area contributed by atoms with Gasteiger partial charge >= 0.3 is 174 Å². The minimum absolute atomic E-state index is 1.02. The van der Waals surface area contributed by atoms with Gasteiger partial charge in [0.15, 0.2) is 0 Å². The second-order valence-electron chi connectivity index (χ2n) is 8.61. The molecule has 0 bridgehead atoms. The van der Waals surface area contributed by atoms with Crippen molar-refractivity contribution in [3.63, 3.8) is 0 Å². The maximum atomic E-state index is 4.82. The summed E-state index contributed by atoms with van der Waals surface area (Å²) < 4.78 is 3.87. The molecule has 0 aliphatic rings. The monoisotopic (exact) mass is 438 g/mol. The molecule has 0 saturated carbocycles. The van der Waals surface area contributed by atoms with E-state index in [0.717, 1.165) is 16.8 Å². The predicted molar refractivity (Wildman–Crippen MR) is 127 cm³/mol. The fourth-order valence-corrected chi connectivity index (χ4v) is 6.44. The quantitative estimate of drug-likeness (QED) is 0.299. The molecule has 0 unspecified atom stereocenters. The Kier molecular flexibility index (Phi) is 4.32. The number of hydrogen-bond acceptors (Lipinski definition) is 1. The molecule has 3 heteroatoms. The zero-order valence-electron chi connectivity index (χ0n) is 17.1. The van der Waals surface area contributed by atoms with Crippen LogP contribution in [-0.2, 0) is 0 Å². The summed E-state index contributed by atoms with van der Waals surface area (Å²) in [5.74, 6) is 7.36. The van der Waals surface area contributed by atoms with Gasteiger partial charge in [0.05, 0.1) is 0 Å². The van der Waals surface area contributed by atoms with Gasteiger partial charge in [-0.2, -0.15) is 0 Å². The van der Waals surface area contributed by atoms with E-state index in [4.69, 9.17) is 4.98 Å². The van der Waals surface area contributed by atoms with Gasteiger partial charge in [-0.25, -0.2) is 0 Å². The Morgan fingerprint density at radius 3 is 2.03 bits per heavy atom. The van der Waals surface area contributed by atoms with Crippen molar-refractivity contribution in [2.24, 2.45) is 0 Å². The van der Waals surface area contributed by atoms with Gasteiger partial charge in [0.1, 0.15) is 0 Å². The van der Waals surface area contributed by atoms with Crippen LogP contribution in [0.15, 0.2) is 91.1 Å². The molecule has 2 nitrogen and oxygen atoms in total. The van der Waals surface area contributed by atoms with Gasteiger partial charge in [-0.1, -0.05) is 0 Å². The van der Waals surface area contributed by atoms with Crippen molar-refractivity contribution >= 4 is 39.5 Å². The fraction of sp³-hybridized carbons (Fsp3) is 0.115. The average Bonchev–Trinajstić information content (AvgIpc) is 3.07. The third kappa shape index (κ3) is 3.18. The Morgan fingerprint density at radius 2 is 1.34 bits per heavy atom. The molecule has 0 N–H and O–H groups in total. The van der Waals surface area contributed by atoms with E-state index in [1.54, 1.807) is 0 Å². The first kappa shape index (κ1) is 18.2. The van der Waals surface area contributed by atoms with E-state index >= 15 is 0 Å². The Bertz CT molecular complexity index is 1310. The normalized spacial score (nSPS) is 12.0. The first-order valence-electron chi connectivity index (χ1n) is 10.1. The van der Waals surface area contributed by atoms with Crippen molar-refractivity contribution in [2.45, 2.75) is 17.3 Å². The number of hydrogen-bond donors (Lipinski definition) is 0. The van der Waals surface area contributed by atoms with E-state index in [9.17, 15) is 0 Å². The maximum absolute atomic E-state index is 4.82. The van der Waals surface area contributed by atoms with Crippen molar-refractivity contribution in [1.82, 2.24) is 9.55 Å². The first-order chi connectivity index (χ1) is 14.0. The van der Waals surface area contributed by atoms with Crippen molar-refractivity contribution in [1.29, 1.82) is 0 Å². The van der Waals surface area contributed by atoms with E-state index in [2.05, 4.69) is 101 Å². The topological polar surface area (TPSA) is 17.8 Å². The number of fused-ring (bicyclic) bond motifs is 3. The molecular formula is C26H24GeN2. The van der Waals surface area contributed by atoms with Crippen molar-refractivity contribution in [2.75, 3.05) is 0 Å². The predicted octanol–water partition coefficient (Wildman–Crippen LogP) is 6.39. The van der Waals surface area contributed by atoms with E-state index in [-0.39, 0.29) is 0 Å². The zero-order valence-corrected chi connectivity index (χ0v) is 19.2. The number of pyridine rings is 1. The minimum atomic E-state index is -1.94. The Balaban J connectivity index is 1.86. The summed E-state index contributed by atoms with van der Waals surface area (Å²) >= 11 is -1.94. The number of rotatable bonds is 3. The van der Waals surface area contributed by atoms with Gasteiger partial charge in [-0.15, -0.1) is 0 Å². The molecule has 2 aromatic heterocycles. The standard InChI is InChI=1S/C26H24GeN2/c1-27(2,3)20-14-15-25-22(16-20)23-17-24(19-10-6-4-7-11-19)28-18-26(23)29(25)21-12-8-5-9-13-21/h4-18H,1-3H3. The van der Waals surface area contributed by atoms with Crippen LogP contribution in [0.3, 0.4) is 0 Å². The van der Waals surface area contributed by atoms with Gasteiger partial charge in [0.2, 0.25) is 0 Å². The van der Waals surface area contributed by atoms with E-state index in [1.165, 1.54) is 26.4 Å². The van der Waals surface area contributed by atoms with Gasteiger partial charge < -0.3 is 0 Å². The van der Waals surface area contributed by atoms with Gasteiger partial charge in [0, 0.05) is 0 Å². The number of aromatic nitrogens is 2. The van der Waals surface area contributed by atoms with Crippen LogP contribution in [0.1, 0.15) is 0 Å². The summed E-state index contributed by atoms with van der Waals surface area (Å²) in [4.78, 5) is 4.82. The van der Waals surface area contributed by atoms with Gasteiger partial charge in [-0.05, 0) is 0 Å². The van der Waals surface area contributed by atoms with Crippen LogP contribution in [0, 0.1) is 0 Å². The molecule has 0 saturated heterocycles. The van der Waals surface area contributed by atoms with Gasteiger partial charge in [-0.3, -0.25) is 0 Å². The summed E-state index contributed by atoms with van der Waals surface area (Å²) in [6.45, 7) is 0. The second kappa shape index (κ2) is 6.89. The molecule has 0 aliphatic heterocycles. The van der Waals surface area contributed by atoms with Crippen LogP contribution in [-0.4, -0.2) is 22.8 Å². The molecule has 2 heterocycles. The molecule has 0 radical (unpaired) electrons. The van der Waals surface area contributed by atoms with E-state index < -0.39 is 13.3 Å². The van der Waals surface area contributed by atoms with Crippen molar-refractivity contribution < 1.29 is 0 Å². The average molecular weight is 437 g/mol. The molecule has 142 valence electrons. The van der Waals surface area contributed by atoms with Crippen LogP contribution in [0.25, 0.3) is 38.8 Å². The third-order valence-electron chi connectivity index (χ3n) is 5.60. The number of nitrogens with zero attached hydrogens (tertiary/aromatic N) is 2. The molecule has 3 aromatic carbocycles. The van der Waals surface area contributed by atoms with E-state index in [1.807, 2.05) is 12.3 Å². The summed E-state index contributed by atoms with van der Waals surface area (Å²) in [7, 11) is 0. The molecule has 0 aliphatic carbocycles. The summed E-state index contributed by atoms with van der Waals surface area (Å²) in [5, 5.41) is 2.59. The SMILES string of the molecule is [CH3][Ge]([CH3])([CH3])[c]1ccc2c(c1)c1cc(-c3ccccc3)ncc1n2-c1ccccc1. The molecule has 0 atom stereocenters. The Morgan fingerprint density at radius 1 is 0.690 bits per heavy atom. The third-order valence-corrected chi connectivity index (χ3v) is 9.89. The first-order valence-corrected chi connectivity index (χ1v) is 17.4. The van der Waals surface area contributed by atoms with E-state index in [0.29, 0.717) is 0 Å². The van der Waals surface area contributed by atoms with Crippen LogP contribution >= 0.6 is 0 Å². The van der Waals surface area contributed by atoms with Gasteiger partial charge in [0.25, 0.3) is 0 Å². The Labute approximate surface area is 174 Å². The Hall–Kier alpha value is -2.85. The zero-order chi connectivity index (χ0) is 20.0. The second-order valence-corrected chi connectivity index (χ2v) is 19.3. The summed E-state index contributed by atoms with van der Waals surface area (Å²) in [5.41, 5.74) is 5.75. The molecule has 5 rings (SSSR count). The number of benzene rings is 3. The van der Waals surface area contributed by atoms with Crippen molar-refractivity contribution in [3.8, 4) is 16.9 Å². The van der Waals surface area contributed by atoms with Crippen LogP contribution in [0.2, 0.25) is 17.3 Å². The summed E-state index contributed by atoms with van der Waals surface area (Å²) in [6, 6.07) is 30.4. The van der Waals surface area contributed by atoms with Crippen LogP contribution in [0.4, 0.5) is 0 Å². The summed E-state index contributed by atoms with van der Waals surface area (Å²) in [6.07, 6.45) is 2.03. The molecule has 0 amide bonds. The van der Waals surface area contributed by atoms with Crippen molar-refractivity contribution in [3.05, 3.63) is 91.1 Å². The molecule has 0 fully saturated rings. The number of para-hydroxylation sites is 1. The van der Waals surface area contributed by atoms with Crippen LogP contribution in [0.5, 0.6) is 0 Å². The molecular weight excluding hydrogens is 413 g/mol. The molecule has 29 heavy (non-hydrogen) atoms. The molecule has 5 aromatic rings.